The van der Waals surface area contributed by atoms with Crippen molar-refractivity contribution in [3.05, 3.63) is 53.4 Å². The lowest BCUT2D eigenvalue weighted by Crippen LogP contribution is -2.18. The van der Waals surface area contributed by atoms with Gasteiger partial charge in [-0.15, -0.1) is 10.2 Å². The van der Waals surface area contributed by atoms with Crippen LogP contribution in [0.5, 0.6) is 5.75 Å². The first-order valence-corrected chi connectivity index (χ1v) is 10.0. The molecule has 0 radical (unpaired) electrons. The molecule has 0 atom stereocenters. The summed E-state index contributed by atoms with van der Waals surface area (Å²) in [6.07, 6.45) is 6.77. The molecule has 0 saturated carbocycles. The number of fused-ring (bicyclic) bond motifs is 2. The second-order valence-corrected chi connectivity index (χ2v) is 8.38. The Morgan fingerprint density at radius 3 is 3.07 bits per heavy atom. The number of hydrogen-bond acceptors (Lipinski definition) is 5. The quantitative estimate of drug-likeness (QED) is 0.738. The monoisotopic (exact) mass is 392 g/mol. The molecule has 2 aromatic heterocycles. The molecule has 2 aliphatic rings. The number of aromatic nitrogens is 5. The van der Waals surface area contributed by atoms with Gasteiger partial charge in [-0.1, -0.05) is 26.0 Å². The molecule has 0 spiro atoms. The number of anilines is 1. The fourth-order valence-corrected chi connectivity index (χ4v) is 4.08. The fraction of sp³-hybridized carbons (Fsp3) is 0.429. The van der Waals surface area contributed by atoms with Gasteiger partial charge in [-0.05, 0) is 18.9 Å². The van der Waals surface area contributed by atoms with Crippen LogP contribution >= 0.6 is 0 Å². The third kappa shape index (κ3) is 3.18. The summed E-state index contributed by atoms with van der Waals surface area (Å²) >= 11 is 0. The highest BCUT2D eigenvalue weighted by Crippen LogP contribution is 2.40. The molecule has 2 aliphatic heterocycles. The van der Waals surface area contributed by atoms with E-state index >= 15 is 0 Å². The number of amides is 1. The van der Waals surface area contributed by atoms with Crippen LogP contribution in [0.4, 0.5) is 5.69 Å². The average Bonchev–Trinajstić information content (AvgIpc) is 3.41. The number of nitrogens with zero attached hydrogens (tertiary/aromatic N) is 5. The number of hydrogen-bond donors (Lipinski definition) is 1. The molecule has 150 valence electrons. The van der Waals surface area contributed by atoms with Gasteiger partial charge in [0.2, 0.25) is 0 Å². The van der Waals surface area contributed by atoms with Gasteiger partial charge < -0.3 is 14.6 Å². The molecule has 1 aromatic carbocycles. The summed E-state index contributed by atoms with van der Waals surface area (Å²) in [5.74, 6) is 2.43. The van der Waals surface area contributed by atoms with Crippen molar-refractivity contribution in [2.75, 3.05) is 11.9 Å². The van der Waals surface area contributed by atoms with Gasteiger partial charge in [-0.2, -0.15) is 5.10 Å². The van der Waals surface area contributed by atoms with Gasteiger partial charge in [0.1, 0.15) is 18.1 Å². The molecule has 8 heteroatoms. The van der Waals surface area contributed by atoms with E-state index in [1.54, 1.807) is 16.9 Å². The summed E-state index contributed by atoms with van der Waals surface area (Å²) in [5, 5.41) is 15.9. The van der Waals surface area contributed by atoms with Gasteiger partial charge in [0.25, 0.3) is 5.91 Å². The number of carbonyl (C=O) groups is 1. The second kappa shape index (κ2) is 6.72. The number of benzene rings is 1. The van der Waals surface area contributed by atoms with Gasteiger partial charge in [0.15, 0.2) is 5.82 Å². The second-order valence-electron chi connectivity index (χ2n) is 8.38. The number of aryl methyl sites for hydroxylation is 1. The molecule has 0 unspecified atom stereocenters. The Kier molecular flexibility index (Phi) is 4.15. The van der Waals surface area contributed by atoms with E-state index in [0.717, 1.165) is 36.6 Å². The smallest absolute Gasteiger partial charge is 0.259 e. The van der Waals surface area contributed by atoms with Crippen molar-refractivity contribution in [3.8, 4) is 5.75 Å². The summed E-state index contributed by atoms with van der Waals surface area (Å²) in [6.45, 7) is 6.30. The van der Waals surface area contributed by atoms with Crippen LogP contribution in [0.1, 0.15) is 54.3 Å². The SMILES string of the molecule is CC1(C)COc2c(C(=O)Nc3cnn(Cc4nnc5n4CCCC5)c3)cccc21. The van der Waals surface area contributed by atoms with Crippen molar-refractivity contribution in [2.45, 2.75) is 51.6 Å². The number of ether oxygens (including phenoxy) is 1. The molecule has 5 rings (SSSR count). The third-order valence-electron chi connectivity index (χ3n) is 5.70. The minimum atomic E-state index is -0.195. The summed E-state index contributed by atoms with van der Waals surface area (Å²) < 4.78 is 9.78. The molecular formula is C21H24N6O2. The first kappa shape index (κ1) is 17.9. The van der Waals surface area contributed by atoms with E-state index in [1.165, 1.54) is 6.42 Å². The van der Waals surface area contributed by atoms with Crippen molar-refractivity contribution in [2.24, 2.45) is 0 Å². The van der Waals surface area contributed by atoms with Gasteiger partial charge in [0.05, 0.1) is 24.1 Å². The normalized spacial score (nSPS) is 16.8. The van der Waals surface area contributed by atoms with Crippen LogP contribution < -0.4 is 10.1 Å². The number of para-hydroxylation sites is 1. The van der Waals surface area contributed by atoms with Gasteiger partial charge >= 0.3 is 0 Å². The summed E-state index contributed by atoms with van der Waals surface area (Å²) in [7, 11) is 0. The Labute approximate surface area is 168 Å². The minimum Gasteiger partial charge on any atom is -0.492 e. The molecule has 0 aliphatic carbocycles. The van der Waals surface area contributed by atoms with Crippen LogP contribution in [0.3, 0.4) is 0 Å². The zero-order valence-electron chi connectivity index (χ0n) is 16.7. The summed E-state index contributed by atoms with van der Waals surface area (Å²) in [4.78, 5) is 12.8. The molecule has 0 fully saturated rings. The standard InChI is InChI=1S/C21H24N6O2/c1-21(2)13-29-19-15(6-5-7-16(19)21)20(28)23-14-10-22-26(11-14)12-18-25-24-17-8-3-4-9-27(17)18/h5-7,10-11H,3-4,8-9,12-13H2,1-2H3,(H,23,28). The Morgan fingerprint density at radius 2 is 2.17 bits per heavy atom. The minimum absolute atomic E-state index is 0.0894. The van der Waals surface area contributed by atoms with Crippen LogP contribution in [0.25, 0.3) is 0 Å². The molecule has 1 N–H and O–H groups in total. The molecule has 4 heterocycles. The first-order chi connectivity index (χ1) is 14.0. The van der Waals surface area contributed by atoms with E-state index in [-0.39, 0.29) is 11.3 Å². The van der Waals surface area contributed by atoms with Crippen molar-refractivity contribution < 1.29 is 9.53 Å². The van der Waals surface area contributed by atoms with Crippen molar-refractivity contribution in [1.82, 2.24) is 24.5 Å². The highest BCUT2D eigenvalue weighted by molar-refractivity contribution is 6.06. The Morgan fingerprint density at radius 1 is 1.28 bits per heavy atom. The molecule has 1 amide bonds. The van der Waals surface area contributed by atoms with E-state index in [4.69, 9.17) is 4.74 Å². The summed E-state index contributed by atoms with van der Waals surface area (Å²) in [5.41, 5.74) is 2.17. The van der Waals surface area contributed by atoms with E-state index in [2.05, 4.69) is 39.0 Å². The fourth-order valence-electron chi connectivity index (χ4n) is 4.08. The van der Waals surface area contributed by atoms with E-state index in [9.17, 15) is 4.79 Å². The van der Waals surface area contributed by atoms with Crippen LogP contribution in [0, 0.1) is 0 Å². The van der Waals surface area contributed by atoms with Crippen molar-refractivity contribution in [1.29, 1.82) is 0 Å². The van der Waals surface area contributed by atoms with Crippen LogP contribution in [0.2, 0.25) is 0 Å². The Bertz CT molecular complexity index is 1080. The number of rotatable bonds is 4. The zero-order chi connectivity index (χ0) is 20.0. The van der Waals surface area contributed by atoms with Gasteiger partial charge in [0, 0.05) is 30.1 Å². The predicted octanol–water partition coefficient (Wildman–Crippen LogP) is 2.78. The molecule has 0 saturated heterocycles. The highest BCUT2D eigenvalue weighted by atomic mass is 16.5. The topological polar surface area (TPSA) is 86.9 Å². The van der Waals surface area contributed by atoms with Gasteiger partial charge in [-0.3, -0.25) is 9.48 Å². The number of carbonyl (C=O) groups excluding carboxylic acids is 1. The molecule has 3 aromatic rings. The Hall–Kier alpha value is -3.16. The zero-order valence-corrected chi connectivity index (χ0v) is 16.7. The molecular weight excluding hydrogens is 368 g/mol. The highest BCUT2D eigenvalue weighted by Gasteiger charge is 2.34. The predicted molar refractivity (Wildman–Crippen MR) is 107 cm³/mol. The van der Waals surface area contributed by atoms with Crippen LogP contribution in [-0.2, 0) is 24.9 Å². The molecule has 0 bridgehead atoms. The lowest BCUT2D eigenvalue weighted by atomic mass is 9.86. The lowest BCUT2D eigenvalue weighted by molar-refractivity contribution is 0.102. The van der Waals surface area contributed by atoms with Crippen LogP contribution in [0.15, 0.2) is 30.6 Å². The molecule has 29 heavy (non-hydrogen) atoms. The third-order valence-corrected chi connectivity index (χ3v) is 5.70. The maximum absolute atomic E-state index is 12.8. The van der Waals surface area contributed by atoms with Crippen molar-refractivity contribution >= 4 is 11.6 Å². The Balaban J connectivity index is 1.32. The molecule has 8 nitrogen and oxygen atoms in total. The maximum atomic E-state index is 12.8. The van der Waals surface area contributed by atoms with E-state index in [1.807, 2.05) is 18.3 Å². The first-order valence-electron chi connectivity index (χ1n) is 10.0. The number of nitrogens with one attached hydrogen (secondary N) is 1. The average molecular weight is 392 g/mol. The van der Waals surface area contributed by atoms with E-state index in [0.29, 0.717) is 30.2 Å². The van der Waals surface area contributed by atoms with Gasteiger partial charge in [-0.25, -0.2) is 0 Å². The maximum Gasteiger partial charge on any atom is 0.259 e. The van der Waals surface area contributed by atoms with Crippen molar-refractivity contribution in [3.63, 3.8) is 0 Å². The van der Waals surface area contributed by atoms with Crippen LogP contribution in [-0.4, -0.2) is 37.1 Å². The lowest BCUT2D eigenvalue weighted by Gasteiger charge is -2.15. The summed E-state index contributed by atoms with van der Waals surface area (Å²) in [6, 6.07) is 5.72. The largest absolute Gasteiger partial charge is 0.492 e. The van der Waals surface area contributed by atoms with E-state index < -0.39 is 0 Å².